The highest BCUT2D eigenvalue weighted by Crippen LogP contribution is 2.32. The lowest BCUT2D eigenvalue weighted by Crippen LogP contribution is -2.16. The van der Waals surface area contributed by atoms with Crippen molar-refractivity contribution in [3.05, 3.63) is 113 Å². The molecule has 0 spiro atoms. The van der Waals surface area contributed by atoms with Gasteiger partial charge in [0, 0.05) is 40.5 Å². The van der Waals surface area contributed by atoms with Crippen molar-refractivity contribution < 1.29 is 13.6 Å². The Kier molecular flexibility index (Phi) is 7.29. The van der Waals surface area contributed by atoms with Crippen molar-refractivity contribution in [1.29, 1.82) is 0 Å². The van der Waals surface area contributed by atoms with Crippen LogP contribution in [0.5, 0.6) is 0 Å². The fraction of sp³-hybridized carbons (Fsp3) is 0.129. The van der Waals surface area contributed by atoms with Gasteiger partial charge in [0.25, 0.3) is 5.91 Å². The number of halogens is 2. The average Bonchev–Trinajstić information content (AvgIpc) is 2.91. The molecule has 5 rings (SSSR count). The lowest BCUT2D eigenvalue weighted by atomic mass is 10.1. The summed E-state index contributed by atoms with van der Waals surface area (Å²) in [6, 6.07) is 23.6. The molecule has 1 aromatic heterocycles. The van der Waals surface area contributed by atoms with Crippen LogP contribution in [0.1, 0.15) is 21.5 Å². The van der Waals surface area contributed by atoms with Gasteiger partial charge in [0.15, 0.2) is 0 Å². The van der Waals surface area contributed by atoms with Gasteiger partial charge in [-0.05, 0) is 74.6 Å². The van der Waals surface area contributed by atoms with Crippen LogP contribution >= 0.6 is 0 Å². The van der Waals surface area contributed by atoms with Crippen molar-refractivity contribution in [2.75, 3.05) is 24.7 Å². The number of nitrogens with zero attached hydrogens (tertiary/aromatic N) is 3. The number of para-hydroxylation sites is 1. The average molecular weight is 524 g/mol. The SMILES string of the molecule is Cc1cc(Nc2nc(-c3ccc(F)cc3F)c3ccccc3n2)c(CN(C)C)cc1NC(=O)c1ccccc1. The van der Waals surface area contributed by atoms with E-state index in [1.807, 2.05) is 80.5 Å². The maximum Gasteiger partial charge on any atom is 0.255 e. The maximum absolute atomic E-state index is 14.8. The zero-order valence-electron chi connectivity index (χ0n) is 21.8. The molecule has 1 heterocycles. The molecule has 0 saturated carbocycles. The lowest BCUT2D eigenvalue weighted by Gasteiger charge is -2.19. The van der Waals surface area contributed by atoms with Crippen molar-refractivity contribution in [1.82, 2.24) is 14.9 Å². The van der Waals surface area contributed by atoms with Crippen molar-refractivity contribution in [3.63, 3.8) is 0 Å². The third kappa shape index (κ3) is 5.76. The van der Waals surface area contributed by atoms with E-state index in [9.17, 15) is 13.6 Å². The number of aryl methyl sites for hydroxylation is 1. The molecule has 6 nitrogen and oxygen atoms in total. The fourth-order valence-electron chi connectivity index (χ4n) is 4.40. The van der Waals surface area contributed by atoms with Crippen molar-refractivity contribution in [2.24, 2.45) is 0 Å². The number of carbonyl (C=O) groups is 1. The first-order valence-corrected chi connectivity index (χ1v) is 12.4. The van der Waals surface area contributed by atoms with Gasteiger partial charge in [-0.1, -0.05) is 36.4 Å². The molecule has 5 aromatic rings. The molecular formula is C31H27F2N5O. The Labute approximate surface area is 225 Å². The topological polar surface area (TPSA) is 70.2 Å². The molecule has 0 atom stereocenters. The Morgan fingerprint density at radius 1 is 0.872 bits per heavy atom. The Bertz CT molecular complexity index is 1670. The van der Waals surface area contributed by atoms with Crippen molar-refractivity contribution >= 4 is 34.1 Å². The Hall–Kier alpha value is -4.69. The summed E-state index contributed by atoms with van der Waals surface area (Å²) in [7, 11) is 3.90. The summed E-state index contributed by atoms with van der Waals surface area (Å²) in [6.45, 7) is 2.48. The third-order valence-corrected chi connectivity index (χ3v) is 6.26. The number of rotatable bonds is 7. The van der Waals surface area contributed by atoms with Gasteiger partial charge < -0.3 is 15.5 Å². The molecule has 0 fully saturated rings. The first-order chi connectivity index (χ1) is 18.8. The smallest absolute Gasteiger partial charge is 0.255 e. The van der Waals surface area contributed by atoms with Crippen molar-refractivity contribution in [2.45, 2.75) is 13.5 Å². The summed E-state index contributed by atoms with van der Waals surface area (Å²) in [5.41, 5.74) is 4.92. The summed E-state index contributed by atoms with van der Waals surface area (Å²) in [6.07, 6.45) is 0. The van der Waals surface area contributed by atoms with Crippen LogP contribution in [-0.2, 0) is 6.54 Å². The molecule has 0 unspecified atom stereocenters. The van der Waals surface area contributed by atoms with Crippen LogP contribution in [0.25, 0.3) is 22.2 Å². The number of hydrogen-bond donors (Lipinski definition) is 2. The van der Waals surface area contributed by atoms with Gasteiger partial charge in [-0.3, -0.25) is 4.79 Å². The van der Waals surface area contributed by atoms with E-state index >= 15 is 0 Å². The molecule has 2 N–H and O–H groups in total. The summed E-state index contributed by atoms with van der Waals surface area (Å²) in [5.74, 6) is -1.28. The van der Waals surface area contributed by atoms with Crippen LogP contribution in [0.15, 0.2) is 84.9 Å². The molecule has 4 aromatic carbocycles. The van der Waals surface area contributed by atoms with Gasteiger partial charge in [-0.15, -0.1) is 0 Å². The maximum atomic E-state index is 14.8. The van der Waals surface area contributed by atoms with E-state index < -0.39 is 11.6 Å². The molecular weight excluding hydrogens is 496 g/mol. The van der Waals surface area contributed by atoms with Gasteiger partial charge in [0.2, 0.25) is 5.95 Å². The number of anilines is 3. The highest BCUT2D eigenvalue weighted by Gasteiger charge is 2.17. The molecule has 0 radical (unpaired) electrons. The van der Waals surface area contributed by atoms with Crippen LogP contribution in [0.4, 0.5) is 26.1 Å². The minimum absolute atomic E-state index is 0.182. The van der Waals surface area contributed by atoms with Gasteiger partial charge in [0.05, 0.1) is 11.2 Å². The molecule has 0 aliphatic heterocycles. The predicted octanol–water partition coefficient (Wildman–Crippen LogP) is 6.94. The monoisotopic (exact) mass is 523 g/mol. The second-order valence-electron chi connectivity index (χ2n) is 9.54. The molecule has 39 heavy (non-hydrogen) atoms. The van der Waals surface area contributed by atoms with Gasteiger partial charge in [-0.25, -0.2) is 18.7 Å². The number of hydrogen-bond acceptors (Lipinski definition) is 5. The minimum atomic E-state index is -0.701. The summed E-state index contributed by atoms with van der Waals surface area (Å²) < 4.78 is 28.4. The van der Waals surface area contributed by atoms with Gasteiger partial charge in [0.1, 0.15) is 11.6 Å². The Morgan fingerprint density at radius 2 is 1.62 bits per heavy atom. The van der Waals surface area contributed by atoms with Gasteiger partial charge >= 0.3 is 0 Å². The normalized spacial score (nSPS) is 11.1. The Morgan fingerprint density at radius 3 is 2.36 bits per heavy atom. The first kappa shape index (κ1) is 25.9. The van der Waals surface area contributed by atoms with E-state index in [4.69, 9.17) is 0 Å². The number of amides is 1. The summed E-state index contributed by atoms with van der Waals surface area (Å²) in [4.78, 5) is 24.1. The van der Waals surface area contributed by atoms with E-state index in [0.29, 0.717) is 34.4 Å². The fourth-order valence-corrected chi connectivity index (χ4v) is 4.40. The number of aromatic nitrogens is 2. The van der Waals surface area contributed by atoms with Crippen LogP contribution in [0, 0.1) is 18.6 Å². The van der Waals surface area contributed by atoms with Crippen LogP contribution in [0.2, 0.25) is 0 Å². The van der Waals surface area contributed by atoms with Crippen LogP contribution < -0.4 is 10.6 Å². The highest BCUT2D eigenvalue weighted by atomic mass is 19.1. The molecule has 8 heteroatoms. The molecule has 1 amide bonds. The zero-order chi connectivity index (χ0) is 27.5. The predicted molar refractivity (Wildman–Crippen MR) is 151 cm³/mol. The molecule has 0 aliphatic carbocycles. The lowest BCUT2D eigenvalue weighted by molar-refractivity contribution is 0.102. The number of fused-ring (bicyclic) bond motifs is 1. The van der Waals surface area contributed by atoms with Gasteiger partial charge in [-0.2, -0.15) is 0 Å². The number of carbonyl (C=O) groups excluding carboxylic acids is 1. The quantitative estimate of drug-likeness (QED) is 0.242. The summed E-state index contributed by atoms with van der Waals surface area (Å²) >= 11 is 0. The molecule has 0 aliphatic rings. The largest absolute Gasteiger partial charge is 0.324 e. The van der Waals surface area contributed by atoms with E-state index in [1.54, 1.807) is 12.1 Å². The second kappa shape index (κ2) is 11.0. The molecule has 0 saturated heterocycles. The molecule has 196 valence electrons. The van der Waals surface area contributed by atoms with E-state index in [1.165, 1.54) is 12.1 Å². The van der Waals surface area contributed by atoms with E-state index in [-0.39, 0.29) is 17.4 Å². The second-order valence-corrected chi connectivity index (χ2v) is 9.54. The standard InChI is InChI=1S/C31H27F2N5O/c1-19-15-28(21(18-38(2)3)16-27(19)34-30(39)20-9-5-4-6-10-20)36-31-35-26-12-8-7-11-24(26)29(37-31)23-14-13-22(32)17-25(23)33/h4-17H,18H2,1-3H3,(H,34,39)(H,35,36,37). The molecule has 0 bridgehead atoms. The van der Waals surface area contributed by atoms with E-state index in [0.717, 1.165) is 22.9 Å². The van der Waals surface area contributed by atoms with Crippen LogP contribution in [-0.4, -0.2) is 34.9 Å². The third-order valence-electron chi connectivity index (χ3n) is 6.26. The van der Waals surface area contributed by atoms with Crippen molar-refractivity contribution in [3.8, 4) is 11.3 Å². The minimum Gasteiger partial charge on any atom is -0.324 e. The number of nitrogens with one attached hydrogen (secondary N) is 2. The first-order valence-electron chi connectivity index (χ1n) is 12.4. The summed E-state index contributed by atoms with van der Waals surface area (Å²) in [5, 5.41) is 6.96. The van der Waals surface area contributed by atoms with E-state index in [2.05, 4.69) is 20.6 Å². The van der Waals surface area contributed by atoms with Crippen LogP contribution in [0.3, 0.4) is 0 Å². The Balaban J connectivity index is 1.55. The zero-order valence-corrected chi connectivity index (χ0v) is 21.8. The highest BCUT2D eigenvalue weighted by molar-refractivity contribution is 6.04. The number of benzene rings is 4.